The van der Waals surface area contributed by atoms with Crippen molar-refractivity contribution in [2.24, 2.45) is 0 Å². The van der Waals surface area contributed by atoms with Crippen molar-refractivity contribution in [1.82, 2.24) is 0 Å². The minimum atomic E-state index is 0.0196. The molecule has 0 atom stereocenters. The average Bonchev–Trinajstić information content (AvgIpc) is 2.15. The van der Waals surface area contributed by atoms with Crippen LogP contribution in [-0.4, -0.2) is 23.7 Å². The molecule has 0 radical (unpaired) electrons. The van der Waals surface area contributed by atoms with Crippen LogP contribution in [0.5, 0.6) is 5.75 Å². The summed E-state index contributed by atoms with van der Waals surface area (Å²) in [5.74, 6) is 0.724. The summed E-state index contributed by atoms with van der Waals surface area (Å²) in [7, 11) is 0. The molecule has 64 valence electrons. The molecule has 2 nitrogen and oxygen atoms in total. The third-order valence-corrected chi connectivity index (χ3v) is 1.65. The molecule has 1 aromatic rings. The molecule has 0 bridgehead atoms. The Bertz CT molecular complexity index is 260. The van der Waals surface area contributed by atoms with Gasteiger partial charge in [0.1, 0.15) is 12.4 Å². The second-order valence-electron chi connectivity index (χ2n) is 2.23. The number of para-hydroxylation sites is 1. The van der Waals surface area contributed by atoms with Crippen molar-refractivity contribution in [3.63, 3.8) is 0 Å². The van der Waals surface area contributed by atoms with Gasteiger partial charge in [-0.05, 0) is 6.07 Å². The van der Waals surface area contributed by atoms with Gasteiger partial charge in [0.05, 0.1) is 6.61 Å². The normalized spacial score (nSPS) is 9.42. The first-order valence-corrected chi connectivity index (χ1v) is 4.13. The number of ether oxygens (including phenoxy) is 1. The molecule has 0 aliphatic rings. The molecule has 0 aliphatic carbocycles. The Labute approximate surface area is 76.8 Å². The van der Waals surface area contributed by atoms with E-state index in [0.717, 1.165) is 11.3 Å². The van der Waals surface area contributed by atoms with Gasteiger partial charge in [-0.2, -0.15) is 0 Å². The zero-order chi connectivity index (χ0) is 8.81. The molecule has 1 rings (SSSR count). The molecule has 0 unspecified atom stereocenters. The molecule has 1 aromatic carbocycles. The van der Waals surface area contributed by atoms with E-state index in [4.69, 9.17) is 22.1 Å². The maximum atomic E-state index is 8.53. The highest BCUT2D eigenvalue weighted by Crippen LogP contribution is 2.15. The molecule has 0 spiro atoms. The lowest BCUT2D eigenvalue weighted by Crippen LogP contribution is -2.03. The molecule has 0 saturated heterocycles. The summed E-state index contributed by atoms with van der Waals surface area (Å²) in [6.45, 7) is 0.325. The Morgan fingerprint density at radius 2 is 2.17 bits per heavy atom. The summed E-state index contributed by atoms with van der Waals surface area (Å²) < 4.78 is 5.23. The molecule has 3 heteroatoms. The van der Waals surface area contributed by atoms with Crippen LogP contribution in [0.1, 0.15) is 5.56 Å². The van der Waals surface area contributed by atoms with E-state index in [-0.39, 0.29) is 6.61 Å². The molecule has 0 aromatic heterocycles. The molecule has 1 N–H and O–H groups in total. The van der Waals surface area contributed by atoms with Crippen molar-refractivity contribution in [2.45, 2.75) is 0 Å². The van der Waals surface area contributed by atoms with Crippen molar-refractivity contribution >= 4 is 17.6 Å². The van der Waals surface area contributed by atoms with E-state index in [1.54, 1.807) is 5.37 Å². The summed E-state index contributed by atoms with van der Waals surface area (Å²) in [4.78, 5) is 0. The molecule has 0 heterocycles. The fraction of sp³-hybridized carbons (Fsp3) is 0.222. The van der Waals surface area contributed by atoms with Crippen LogP contribution in [0.2, 0.25) is 0 Å². The van der Waals surface area contributed by atoms with Gasteiger partial charge in [0.15, 0.2) is 0 Å². The van der Waals surface area contributed by atoms with Crippen LogP contribution in [-0.2, 0) is 0 Å². The summed E-state index contributed by atoms with van der Waals surface area (Å²) in [6, 6.07) is 7.46. The van der Waals surface area contributed by atoms with E-state index in [0.29, 0.717) is 6.61 Å². The van der Waals surface area contributed by atoms with Crippen molar-refractivity contribution in [3.05, 3.63) is 29.8 Å². The van der Waals surface area contributed by atoms with Crippen molar-refractivity contribution < 1.29 is 9.84 Å². The zero-order valence-corrected chi connectivity index (χ0v) is 7.38. The Morgan fingerprint density at radius 1 is 1.42 bits per heavy atom. The summed E-state index contributed by atoms with van der Waals surface area (Å²) in [5.41, 5.74) is 0.876. The Balaban J connectivity index is 2.75. The van der Waals surface area contributed by atoms with E-state index < -0.39 is 0 Å². The van der Waals surface area contributed by atoms with Crippen LogP contribution in [0.25, 0.3) is 0 Å². The topological polar surface area (TPSA) is 29.5 Å². The second-order valence-corrected chi connectivity index (χ2v) is 2.46. The molecule has 0 fully saturated rings. The van der Waals surface area contributed by atoms with Crippen LogP contribution < -0.4 is 4.74 Å². The fourth-order valence-corrected chi connectivity index (χ4v) is 1.06. The van der Waals surface area contributed by atoms with Gasteiger partial charge in [-0.1, -0.05) is 30.4 Å². The lowest BCUT2D eigenvalue weighted by atomic mass is 10.2. The van der Waals surface area contributed by atoms with Crippen LogP contribution in [0.4, 0.5) is 0 Å². The minimum absolute atomic E-state index is 0.0196. The molecular formula is C9H10O2S. The smallest absolute Gasteiger partial charge is 0.127 e. The van der Waals surface area contributed by atoms with Crippen molar-refractivity contribution in [2.75, 3.05) is 13.2 Å². The quantitative estimate of drug-likeness (QED) is 0.714. The van der Waals surface area contributed by atoms with E-state index in [2.05, 4.69) is 0 Å². The predicted octanol–water partition coefficient (Wildman–Crippen LogP) is 1.41. The van der Waals surface area contributed by atoms with E-state index >= 15 is 0 Å². The largest absolute Gasteiger partial charge is 0.491 e. The second kappa shape index (κ2) is 4.85. The van der Waals surface area contributed by atoms with Gasteiger partial charge in [-0.3, -0.25) is 0 Å². The third-order valence-electron chi connectivity index (χ3n) is 1.39. The van der Waals surface area contributed by atoms with Gasteiger partial charge in [0.2, 0.25) is 0 Å². The number of rotatable bonds is 4. The monoisotopic (exact) mass is 182 g/mol. The highest BCUT2D eigenvalue weighted by molar-refractivity contribution is 7.79. The fourth-order valence-electron chi connectivity index (χ4n) is 0.865. The van der Waals surface area contributed by atoms with Crippen LogP contribution >= 0.6 is 12.2 Å². The highest BCUT2D eigenvalue weighted by Gasteiger charge is 1.97. The molecule has 12 heavy (non-hydrogen) atoms. The lowest BCUT2D eigenvalue weighted by molar-refractivity contribution is 0.201. The van der Waals surface area contributed by atoms with E-state index in [1.165, 1.54) is 0 Å². The van der Waals surface area contributed by atoms with Crippen molar-refractivity contribution in [1.29, 1.82) is 0 Å². The predicted molar refractivity (Wildman–Crippen MR) is 51.8 cm³/mol. The lowest BCUT2D eigenvalue weighted by Gasteiger charge is -2.05. The standard InChI is InChI=1S/C9H10O2S/c10-5-6-11-9-4-2-1-3-8(9)7-12/h1-4,7,10H,5-6H2. The van der Waals surface area contributed by atoms with Crippen LogP contribution in [0, 0.1) is 0 Å². The summed E-state index contributed by atoms with van der Waals surface area (Å²) in [6.07, 6.45) is 0. The third kappa shape index (κ3) is 2.29. The first-order chi connectivity index (χ1) is 5.88. The van der Waals surface area contributed by atoms with Gasteiger partial charge < -0.3 is 9.84 Å². The minimum Gasteiger partial charge on any atom is -0.491 e. The van der Waals surface area contributed by atoms with Gasteiger partial charge in [0, 0.05) is 10.9 Å². The van der Waals surface area contributed by atoms with Crippen LogP contribution in [0.15, 0.2) is 24.3 Å². The number of hydrogen-bond acceptors (Lipinski definition) is 3. The number of aliphatic hydroxyl groups is 1. The molecule has 0 amide bonds. The molecule has 0 aliphatic heterocycles. The van der Waals surface area contributed by atoms with E-state index in [9.17, 15) is 0 Å². The van der Waals surface area contributed by atoms with Crippen LogP contribution in [0.3, 0.4) is 0 Å². The van der Waals surface area contributed by atoms with Gasteiger partial charge in [-0.15, -0.1) is 0 Å². The number of benzene rings is 1. The van der Waals surface area contributed by atoms with Gasteiger partial charge in [0.25, 0.3) is 0 Å². The highest BCUT2D eigenvalue weighted by atomic mass is 32.1. The van der Waals surface area contributed by atoms with Gasteiger partial charge >= 0.3 is 0 Å². The summed E-state index contributed by atoms with van der Waals surface area (Å²) >= 11 is 4.79. The maximum Gasteiger partial charge on any atom is 0.127 e. The zero-order valence-electron chi connectivity index (χ0n) is 6.56. The first-order valence-electron chi connectivity index (χ1n) is 3.66. The van der Waals surface area contributed by atoms with Gasteiger partial charge in [-0.25, -0.2) is 0 Å². The number of hydrogen-bond donors (Lipinski definition) is 1. The Morgan fingerprint density at radius 3 is 2.83 bits per heavy atom. The number of thiocarbonyl (C=S) groups is 1. The molecular weight excluding hydrogens is 172 g/mol. The SMILES string of the molecule is OCCOc1ccccc1C=S. The molecule has 0 saturated carbocycles. The Kier molecular flexibility index (Phi) is 3.70. The number of aliphatic hydroxyl groups excluding tert-OH is 1. The first kappa shape index (κ1) is 9.16. The van der Waals surface area contributed by atoms with E-state index in [1.807, 2.05) is 24.3 Å². The van der Waals surface area contributed by atoms with Crippen molar-refractivity contribution in [3.8, 4) is 5.75 Å². The Hall–Kier alpha value is -0.930. The summed E-state index contributed by atoms with van der Waals surface area (Å²) in [5, 5.41) is 10.1. The average molecular weight is 182 g/mol. The maximum absolute atomic E-state index is 8.53.